The summed E-state index contributed by atoms with van der Waals surface area (Å²) in [6.45, 7) is 12.8. The lowest BCUT2D eigenvalue weighted by molar-refractivity contribution is -0.265. The van der Waals surface area contributed by atoms with Gasteiger partial charge < -0.3 is 43.9 Å². The molecular formula is C52H81NO13. The van der Waals surface area contributed by atoms with Crippen molar-refractivity contribution in [1.82, 2.24) is 4.90 Å². The minimum Gasteiger partial charge on any atom is -0.460 e. The van der Waals surface area contributed by atoms with Gasteiger partial charge in [-0.2, -0.15) is 0 Å². The Bertz CT molecular complexity index is 1770. The molecule has 2 bridgehead atoms. The number of fused-ring (bicyclic) bond motifs is 3. The zero-order valence-corrected chi connectivity index (χ0v) is 41.3. The van der Waals surface area contributed by atoms with Gasteiger partial charge in [0.2, 0.25) is 5.79 Å². The summed E-state index contributed by atoms with van der Waals surface area (Å²) >= 11 is 0. The molecule has 2 saturated heterocycles. The summed E-state index contributed by atoms with van der Waals surface area (Å²) in [6, 6.07) is -1.14. The second-order valence-electron chi connectivity index (χ2n) is 19.8. The molecule has 2 unspecified atom stereocenters. The van der Waals surface area contributed by atoms with E-state index in [0.717, 1.165) is 18.4 Å². The summed E-state index contributed by atoms with van der Waals surface area (Å²) in [5, 5.41) is 33.9. The highest BCUT2D eigenvalue weighted by molar-refractivity contribution is 6.39. The van der Waals surface area contributed by atoms with Crippen LogP contribution in [-0.2, 0) is 47.7 Å². The molecule has 3 N–H and O–H groups in total. The number of methoxy groups -OCH3 is 3. The zero-order chi connectivity index (χ0) is 48.9. The molecule has 0 radical (unpaired) electrons. The van der Waals surface area contributed by atoms with Crippen LogP contribution in [-0.4, -0.2) is 132 Å². The summed E-state index contributed by atoms with van der Waals surface area (Å²) in [5.74, 6) is -7.89. The molecule has 4 aliphatic rings. The standard InChI is InChI=1S/C52H81NO13/c1-11-37-18-14-12-13-17-31(2)43(62-8)29-39-22-20-36(7)52(61,66-39)49(58)50(59)53-24-16-15-19-40(53)51(60)65-44(33(4)26-38-21-23-41(54)45(28-38)63-9)30-42(55)32(3)25-34(5)46(56)48(64-10)47(57)35(6)27-37/h12-14,17-18,25,32-33,35-41,43-46,48,54,56,61H,11,15-16,19-24,26-30H2,1-10H3/b13-12?,18-14?,31-17?,34-25-/t32-,33?,35-,36-,37-,38?,39-,40+,41-,43+,44-,45-,46-,48-,52-/m1/s1. The molecule has 1 amide bonds. The number of hydrogen-bond donors (Lipinski definition) is 3. The zero-order valence-electron chi connectivity index (χ0n) is 41.3. The number of aliphatic hydroxyl groups is 3. The number of ether oxygens (including phenoxy) is 5. The van der Waals surface area contributed by atoms with Crippen LogP contribution in [0.25, 0.3) is 0 Å². The van der Waals surface area contributed by atoms with Crippen LogP contribution in [0.1, 0.15) is 132 Å². The number of aliphatic hydroxyl groups excluding tert-OH is 2. The average Bonchev–Trinajstić information content (AvgIpc) is 3.30. The topological polar surface area (TPSA) is 195 Å². The largest absolute Gasteiger partial charge is 0.460 e. The van der Waals surface area contributed by atoms with Crippen LogP contribution in [0.15, 0.2) is 47.6 Å². The molecule has 0 spiro atoms. The van der Waals surface area contributed by atoms with Crippen molar-refractivity contribution < 1.29 is 63.0 Å². The third-order valence-corrected chi connectivity index (χ3v) is 14.9. The molecule has 3 heterocycles. The molecule has 66 heavy (non-hydrogen) atoms. The van der Waals surface area contributed by atoms with Crippen molar-refractivity contribution in [3.8, 4) is 0 Å². The summed E-state index contributed by atoms with van der Waals surface area (Å²) in [7, 11) is 4.53. The monoisotopic (exact) mass is 928 g/mol. The number of cyclic esters (lactones) is 1. The lowest BCUT2D eigenvalue weighted by Crippen LogP contribution is -2.61. The van der Waals surface area contributed by atoms with Gasteiger partial charge in [0.1, 0.15) is 30.1 Å². The van der Waals surface area contributed by atoms with Gasteiger partial charge in [0, 0.05) is 58.5 Å². The van der Waals surface area contributed by atoms with E-state index in [1.807, 2.05) is 45.1 Å². The van der Waals surface area contributed by atoms with Crippen LogP contribution in [0.5, 0.6) is 0 Å². The Kier molecular flexibility index (Phi) is 21.6. The third-order valence-electron chi connectivity index (χ3n) is 14.9. The number of rotatable bonds is 7. The number of piperidine rings is 1. The lowest BCUT2D eigenvalue weighted by atomic mass is 9.78. The van der Waals surface area contributed by atoms with Crippen LogP contribution in [0.4, 0.5) is 0 Å². The summed E-state index contributed by atoms with van der Waals surface area (Å²) < 4.78 is 29.4. The predicted octanol–water partition coefficient (Wildman–Crippen LogP) is 6.57. The van der Waals surface area contributed by atoms with Crippen LogP contribution in [0.3, 0.4) is 0 Å². The summed E-state index contributed by atoms with van der Waals surface area (Å²) in [4.78, 5) is 72.0. The van der Waals surface area contributed by atoms with E-state index in [1.54, 1.807) is 41.1 Å². The second-order valence-corrected chi connectivity index (χ2v) is 19.8. The number of nitrogens with zero attached hydrogens (tertiary/aromatic N) is 1. The first-order chi connectivity index (χ1) is 31.3. The first-order valence-electron chi connectivity index (χ1n) is 24.5. The van der Waals surface area contributed by atoms with Gasteiger partial charge in [-0.15, -0.1) is 0 Å². The van der Waals surface area contributed by atoms with E-state index in [9.17, 15) is 39.3 Å². The van der Waals surface area contributed by atoms with E-state index in [4.69, 9.17) is 23.7 Å². The van der Waals surface area contributed by atoms with Gasteiger partial charge in [-0.25, -0.2) is 4.79 Å². The molecule has 0 aromatic carbocycles. The fraction of sp³-hybridized carbons (Fsp3) is 0.750. The molecule has 0 aromatic heterocycles. The maximum Gasteiger partial charge on any atom is 0.329 e. The van der Waals surface area contributed by atoms with Gasteiger partial charge in [0.15, 0.2) is 5.78 Å². The number of esters is 1. The van der Waals surface area contributed by atoms with Gasteiger partial charge in [0.05, 0.1) is 24.4 Å². The number of hydrogen-bond acceptors (Lipinski definition) is 13. The van der Waals surface area contributed by atoms with Crippen molar-refractivity contribution in [2.24, 2.45) is 35.5 Å². The highest BCUT2D eigenvalue weighted by atomic mass is 16.6. The van der Waals surface area contributed by atoms with Crippen molar-refractivity contribution in [3.63, 3.8) is 0 Å². The van der Waals surface area contributed by atoms with E-state index in [0.29, 0.717) is 63.4 Å². The van der Waals surface area contributed by atoms with Gasteiger partial charge >= 0.3 is 5.97 Å². The molecule has 4 rings (SSSR count). The third kappa shape index (κ3) is 14.3. The highest BCUT2D eigenvalue weighted by Gasteiger charge is 2.53. The van der Waals surface area contributed by atoms with Crippen LogP contribution < -0.4 is 0 Å². The first-order valence-corrected chi connectivity index (χ1v) is 24.5. The van der Waals surface area contributed by atoms with Crippen molar-refractivity contribution >= 4 is 29.2 Å². The normalized spacial score (nSPS) is 38.2. The molecule has 3 aliphatic heterocycles. The SMILES string of the molecule is CC[C@@H]1C=CC=CC=C(C)[C@@H](OC)C[C@H]2CC[C@@H](C)[C@@](O)(O2)C(=O)C(=O)N2CCCC[C@H]2C(=O)O[C@@H](C(C)CC2CC[C@@H](O)[C@H](OC)C2)CC(=O)[C@H](C)/C=C(/C)[C@@H](O)[C@@H](OC)C(=O)[C@H](C)C1. The van der Waals surface area contributed by atoms with E-state index in [-0.39, 0.29) is 54.8 Å². The molecule has 1 aliphatic carbocycles. The summed E-state index contributed by atoms with van der Waals surface area (Å²) in [5.41, 5.74) is 1.27. The summed E-state index contributed by atoms with van der Waals surface area (Å²) in [6.07, 6.45) is 12.1. The van der Waals surface area contributed by atoms with Gasteiger partial charge in [-0.3, -0.25) is 19.2 Å². The molecule has 0 aromatic rings. The van der Waals surface area contributed by atoms with E-state index in [2.05, 4.69) is 13.0 Å². The number of ketones is 3. The lowest BCUT2D eigenvalue weighted by Gasteiger charge is -2.42. The number of carbonyl (C=O) groups is 5. The first kappa shape index (κ1) is 55.2. The molecule has 15 atom stereocenters. The van der Waals surface area contributed by atoms with Crippen molar-refractivity contribution in [2.45, 2.75) is 186 Å². The Balaban J connectivity index is 1.71. The van der Waals surface area contributed by atoms with Crippen molar-refractivity contribution in [1.29, 1.82) is 0 Å². The Labute approximate surface area is 393 Å². The molecule has 372 valence electrons. The van der Waals surface area contributed by atoms with Crippen LogP contribution >= 0.6 is 0 Å². The maximum absolute atomic E-state index is 14.4. The molecule has 14 heteroatoms. The number of carbonyl (C=O) groups excluding carboxylic acids is 5. The molecular weight excluding hydrogens is 847 g/mol. The van der Waals surface area contributed by atoms with Crippen molar-refractivity contribution in [3.05, 3.63) is 47.6 Å². The molecule has 14 nitrogen and oxygen atoms in total. The van der Waals surface area contributed by atoms with E-state index < -0.39 is 83.9 Å². The van der Waals surface area contributed by atoms with Gasteiger partial charge in [-0.1, -0.05) is 71.1 Å². The Hall–Kier alpha value is -3.37. The second kappa shape index (κ2) is 25.8. The minimum atomic E-state index is -2.43. The van der Waals surface area contributed by atoms with Gasteiger partial charge in [0.25, 0.3) is 11.7 Å². The Morgan fingerprint density at radius 3 is 2.26 bits per heavy atom. The number of Topliss-reactive ketones (excluding diaryl/α,β-unsaturated/α-hetero) is 3. The molecule has 1 saturated carbocycles. The predicted molar refractivity (Wildman–Crippen MR) is 250 cm³/mol. The number of allylic oxidation sites excluding steroid dienone is 6. The number of amides is 1. The minimum absolute atomic E-state index is 0.0702. The quantitative estimate of drug-likeness (QED) is 0.141. The smallest absolute Gasteiger partial charge is 0.329 e. The van der Waals surface area contributed by atoms with Crippen molar-refractivity contribution in [2.75, 3.05) is 27.9 Å². The van der Waals surface area contributed by atoms with E-state index in [1.165, 1.54) is 12.0 Å². The Morgan fingerprint density at radius 1 is 0.864 bits per heavy atom. The molecule has 3 fully saturated rings. The highest BCUT2D eigenvalue weighted by Crippen LogP contribution is 2.38. The van der Waals surface area contributed by atoms with Crippen LogP contribution in [0, 0.1) is 35.5 Å². The van der Waals surface area contributed by atoms with Crippen LogP contribution in [0.2, 0.25) is 0 Å². The fourth-order valence-corrected chi connectivity index (χ4v) is 10.3. The fourth-order valence-electron chi connectivity index (χ4n) is 10.3. The van der Waals surface area contributed by atoms with E-state index >= 15 is 0 Å². The Morgan fingerprint density at radius 2 is 1.59 bits per heavy atom. The van der Waals surface area contributed by atoms with Gasteiger partial charge in [-0.05, 0) is 113 Å². The average molecular weight is 928 g/mol. The maximum atomic E-state index is 14.4.